The first-order valence-electron chi connectivity index (χ1n) is 10.3. The molecule has 0 saturated carbocycles. The van der Waals surface area contributed by atoms with Gasteiger partial charge in [0.05, 0.1) is 7.11 Å². The maximum atomic E-state index is 12.6. The molecule has 1 N–H and O–H groups in total. The van der Waals surface area contributed by atoms with Gasteiger partial charge < -0.3 is 19.5 Å². The molecule has 31 heavy (non-hydrogen) atoms. The van der Waals surface area contributed by atoms with E-state index in [9.17, 15) is 9.59 Å². The van der Waals surface area contributed by atoms with E-state index in [1.54, 1.807) is 6.07 Å². The number of allylic oxidation sites excluding steroid dienone is 1. The van der Waals surface area contributed by atoms with E-state index < -0.39 is 18.0 Å². The molecule has 6 heteroatoms. The van der Waals surface area contributed by atoms with Crippen LogP contribution >= 0.6 is 0 Å². The van der Waals surface area contributed by atoms with Gasteiger partial charge in [-0.05, 0) is 55.5 Å². The van der Waals surface area contributed by atoms with Crippen molar-refractivity contribution in [2.24, 2.45) is 0 Å². The highest BCUT2D eigenvalue weighted by Gasteiger charge is 2.21. The molecule has 2 aromatic rings. The second kappa shape index (κ2) is 11.2. The van der Waals surface area contributed by atoms with E-state index >= 15 is 0 Å². The summed E-state index contributed by atoms with van der Waals surface area (Å²) in [7, 11) is 1.53. The Kier molecular flexibility index (Phi) is 8.67. The normalized spacial score (nSPS) is 12.0. The van der Waals surface area contributed by atoms with Crippen molar-refractivity contribution in [1.29, 1.82) is 0 Å². The number of hydrogen-bond acceptors (Lipinski definition) is 5. The molecule has 1 amide bonds. The second-order valence-corrected chi connectivity index (χ2v) is 7.51. The van der Waals surface area contributed by atoms with Crippen molar-refractivity contribution in [3.63, 3.8) is 0 Å². The number of benzene rings is 2. The minimum Gasteiger partial charge on any atom is -0.493 e. The Morgan fingerprint density at radius 2 is 1.84 bits per heavy atom. The summed E-state index contributed by atoms with van der Waals surface area (Å²) >= 11 is 0. The third-order valence-corrected chi connectivity index (χ3v) is 4.75. The molecular formula is C25H31NO5. The number of esters is 1. The number of carbonyl (C=O) groups excluding carboxylic acids is 2. The van der Waals surface area contributed by atoms with Gasteiger partial charge in [0.15, 0.2) is 24.2 Å². The summed E-state index contributed by atoms with van der Waals surface area (Å²) in [6.07, 6.45) is 2.88. The van der Waals surface area contributed by atoms with Gasteiger partial charge in [-0.25, -0.2) is 4.79 Å². The summed E-state index contributed by atoms with van der Waals surface area (Å²) in [6, 6.07) is 11.3. The quantitative estimate of drug-likeness (QED) is 0.565. The van der Waals surface area contributed by atoms with Crippen LogP contribution in [0.15, 0.2) is 42.5 Å². The molecule has 1 atom stereocenters. The summed E-state index contributed by atoms with van der Waals surface area (Å²) in [5, 5.41) is 2.89. The number of methoxy groups -OCH3 is 1. The van der Waals surface area contributed by atoms with Gasteiger partial charge in [0, 0.05) is 5.69 Å². The van der Waals surface area contributed by atoms with E-state index in [0.717, 1.165) is 22.4 Å². The molecule has 0 aliphatic rings. The van der Waals surface area contributed by atoms with Crippen molar-refractivity contribution >= 4 is 23.6 Å². The number of para-hydroxylation sites is 1. The summed E-state index contributed by atoms with van der Waals surface area (Å²) in [4.78, 5) is 24.8. The van der Waals surface area contributed by atoms with Crippen LogP contribution in [0.4, 0.5) is 5.69 Å². The Balaban J connectivity index is 1.97. The molecule has 2 rings (SSSR count). The van der Waals surface area contributed by atoms with Crippen LogP contribution in [0, 0.1) is 6.92 Å². The lowest BCUT2D eigenvalue weighted by atomic mass is 9.98. The molecule has 0 saturated heterocycles. The highest BCUT2D eigenvalue weighted by molar-refractivity contribution is 5.96. The largest absolute Gasteiger partial charge is 0.493 e. The molecule has 2 aromatic carbocycles. The number of hydrogen-bond donors (Lipinski definition) is 1. The van der Waals surface area contributed by atoms with E-state index in [1.807, 2.05) is 56.3 Å². The van der Waals surface area contributed by atoms with Crippen LogP contribution in [0.3, 0.4) is 0 Å². The van der Waals surface area contributed by atoms with Gasteiger partial charge in [-0.3, -0.25) is 4.79 Å². The van der Waals surface area contributed by atoms with Gasteiger partial charge in [0.2, 0.25) is 0 Å². The standard InChI is InChI=1S/C25H31NO5/c1-7-9-19-12-13-21(22(14-19)29-6)30-15-23(27)31-18(5)25(28)26-24-17(4)10-8-11-20(24)16(2)3/h7-14,16,18H,15H2,1-6H3,(H,26,28)/b9-7+/t18-/m1/s1. The third kappa shape index (κ3) is 6.60. The minimum absolute atomic E-state index is 0.246. The van der Waals surface area contributed by atoms with E-state index in [2.05, 4.69) is 19.2 Å². The fourth-order valence-electron chi connectivity index (χ4n) is 3.09. The maximum Gasteiger partial charge on any atom is 0.344 e. The van der Waals surface area contributed by atoms with Crippen molar-refractivity contribution in [2.45, 2.75) is 46.6 Å². The summed E-state index contributed by atoms with van der Waals surface area (Å²) < 4.78 is 16.1. The molecule has 0 heterocycles. The zero-order chi connectivity index (χ0) is 23.0. The van der Waals surface area contributed by atoms with Crippen LogP contribution in [0.5, 0.6) is 11.5 Å². The van der Waals surface area contributed by atoms with Crippen LogP contribution in [-0.4, -0.2) is 31.7 Å². The van der Waals surface area contributed by atoms with E-state index in [1.165, 1.54) is 14.0 Å². The number of carbonyl (C=O) groups is 2. The lowest BCUT2D eigenvalue weighted by Gasteiger charge is -2.19. The highest BCUT2D eigenvalue weighted by atomic mass is 16.6. The first-order valence-corrected chi connectivity index (χ1v) is 10.3. The van der Waals surface area contributed by atoms with E-state index in [0.29, 0.717) is 11.5 Å². The van der Waals surface area contributed by atoms with Gasteiger partial charge in [0.1, 0.15) is 0 Å². The molecule has 0 radical (unpaired) electrons. The number of amides is 1. The monoisotopic (exact) mass is 425 g/mol. The lowest BCUT2D eigenvalue weighted by molar-refractivity contribution is -0.155. The molecule has 0 aromatic heterocycles. The molecule has 6 nitrogen and oxygen atoms in total. The van der Waals surface area contributed by atoms with Crippen molar-refractivity contribution in [3.8, 4) is 11.5 Å². The van der Waals surface area contributed by atoms with Crippen LogP contribution in [-0.2, 0) is 14.3 Å². The Labute approximate surface area is 184 Å². The van der Waals surface area contributed by atoms with Crippen molar-refractivity contribution < 1.29 is 23.8 Å². The molecule has 0 unspecified atom stereocenters. The van der Waals surface area contributed by atoms with Crippen LogP contribution in [0.1, 0.15) is 50.3 Å². The fourth-order valence-corrected chi connectivity index (χ4v) is 3.09. The molecule has 0 spiro atoms. The SMILES string of the molecule is C/C=C/c1ccc(OCC(=O)O[C@H](C)C(=O)Nc2c(C)cccc2C(C)C)c(OC)c1. The zero-order valence-electron chi connectivity index (χ0n) is 19.0. The zero-order valence-corrected chi connectivity index (χ0v) is 19.0. The van der Waals surface area contributed by atoms with Gasteiger partial charge in [-0.2, -0.15) is 0 Å². The predicted molar refractivity (Wildman–Crippen MR) is 123 cm³/mol. The van der Waals surface area contributed by atoms with E-state index in [4.69, 9.17) is 14.2 Å². The third-order valence-electron chi connectivity index (χ3n) is 4.75. The molecule has 0 bridgehead atoms. The fraction of sp³-hybridized carbons (Fsp3) is 0.360. The van der Waals surface area contributed by atoms with E-state index in [-0.39, 0.29) is 12.5 Å². The van der Waals surface area contributed by atoms with Crippen LogP contribution < -0.4 is 14.8 Å². The van der Waals surface area contributed by atoms with Crippen molar-refractivity contribution in [2.75, 3.05) is 19.0 Å². The average Bonchev–Trinajstić information content (AvgIpc) is 2.73. The number of ether oxygens (including phenoxy) is 3. The number of aryl methyl sites for hydroxylation is 1. The lowest BCUT2D eigenvalue weighted by Crippen LogP contribution is -2.32. The Morgan fingerprint density at radius 3 is 2.48 bits per heavy atom. The maximum absolute atomic E-state index is 12.6. The van der Waals surface area contributed by atoms with Crippen LogP contribution in [0.25, 0.3) is 6.08 Å². The first-order chi connectivity index (χ1) is 14.8. The topological polar surface area (TPSA) is 73.9 Å². The minimum atomic E-state index is -0.963. The van der Waals surface area contributed by atoms with Gasteiger partial charge in [-0.15, -0.1) is 0 Å². The predicted octanol–water partition coefficient (Wildman–Crippen LogP) is 5.11. The second-order valence-electron chi connectivity index (χ2n) is 7.51. The molecule has 0 fully saturated rings. The Morgan fingerprint density at radius 1 is 1.10 bits per heavy atom. The van der Waals surface area contributed by atoms with Gasteiger partial charge in [0.25, 0.3) is 5.91 Å². The molecular weight excluding hydrogens is 394 g/mol. The van der Waals surface area contributed by atoms with Crippen molar-refractivity contribution in [3.05, 3.63) is 59.2 Å². The number of anilines is 1. The van der Waals surface area contributed by atoms with Gasteiger partial charge in [-0.1, -0.05) is 50.3 Å². The first kappa shape index (κ1) is 24.0. The summed E-state index contributed by atoms with van der Waals surface area (Å²) in [5.41, 5.74) is 3.70. The molecule has 0 aliphatic carbocycles. The van der Waals surface area contributed by atoms with Gasteiger partial charge >= 0.3 is 5.97 Å². The highest BCUT2D eigenvalue weighted by Crippen LogP contribution is 2.29. The average molecular weight is 426 g/mol. The smallest absolute Gasteiger partial charge is 0.344 e. The molecule has 166 valence electrons. The molecule has 0 aliphatic heterocycles. The Bertz CT molecular complexity index is 949. The number of rotatable bonds is 9. The van der Waals surface area contributed by atoms with Crippen molar-refractivity contribution in [1.82, 2.24) is 0 Å². The van der Waals surface area contributed by atoms with Crippen LogP contribution in [0.2, 0.25) is 0 Å². The summed E-state index contributed by atoms with van der Waals surface area (Å²) in [5.74, 6) is 0.144. The summed E-state index contributed by atoms with van der Waals surface area (Å²) in [6.45, 7) is 9.18. The Hall–Kier alpha value is -3.28. The number of nitrogens with one attached hydrogen (secondary N) is 1.